The number of ether oxygens (including phenoxy) is 1. The van der Waals surface area contributed by atoms with Crippen molar-refractivity contribution in [3.05, 3.63) is 29.8 Å². The van der Waals surface area contributed by atoms with E-state index in [9.17, 15) is 4.79 Å². The van der Waals surface area contributed by atoms with Gasteiger partial charge in [-0.05, 0) is 31.9 Å². The number of nitrogens with two attached hydrogens (primary N) is 1. The molecular weight excluding hydrogens is 312 g/mol. The number of carbonyl (C=O) groups excluding carboxylic acids is 1. The number of hydrogen-bond donors (Lipinski definition) is 1. The first kappa shape index (κ1) is 18.2. The van der Waals surface area contributed by atoms with Crippen LogP contribution in [0.25, 0.3) is 0 Å². The van der Waals surface area contributed by atoms with Gasteiger partial charge in [0.05, 0.1) is 6.10 Å². The van der Waals surface area contributed by atoms with Crippen molar-refractivity contribution in [1.29, 1.82) is 0 Å². The van der Waals surface area contributed by atoms with Crippen LogP contribution >= 0.6 is 12.4 Å². The summed E-state index contributed by atoms with van der Waals surface area (Å²) >= 11 is 0. The Morgan fingerprint density at radius 1 is 1.30 bits per heavy atom. The van der Waals surface area contributed by atoms with Gasteiger partial charge < -0.3 is 15.4 Å². The van der Waals surface area contributed by atoms with Crippen molar-refractivity contribution in [3.8, 4) is 0 Å². The van der Waals surface area contributed by atoms with Crippen molar-refractivity contribution >= 4 is 24.0 Å². The molecule has 0 spiro atoms. The van der Waals surface area contributed by atoms with Gasteiger partial charge in [-0.15, -0.1) is 12.4 Å². The molecule has 1 heterocycles. The van der Waals surface area contributed by atoms with E-state index >= 15 is 0 Å². The standard InChI is InChI=1S/C18H26N2O2.ClH/c1-12-7-9-13(10-8-12)20(4)16(21)18(19)14-6-5-11-22-15(14)17(18,2)3;/h7-10,14-15H,5-6,11,19H2,1-4H3;1H. The number of anilines is 1. The van der Waals surface area contributed by atoms with Crippen LogP contribution in [-0.4, -0.2) is 31.2 Å². The molecule has 23 heavy (non-hydrogen) atoms. The lowest BCUT2D eigenvalue weighted by Gasteiger charge is -2.65. The summed E-state index contributed by atoms with van der Waals surface area (Å²) in [5.41, 5.74) is 7.55. The fourth-order valence-electron chi connectivity index (χ4n) is 4.17. The zero-order chi connectivity index (χ0) is 16.1. The molecule has 3 atom stereocenters. The lowest BCUT2D eigenvalue weighted by atomic mass is 9.46. The number of nitrogens with zero attached hydrogens (tertiary/aromatic N) is 1. The molecule has 2 fully saturated rings. The second-order valence-corrected chi connectivity index (χ2v) is 7.33. The number of likely N-dealkylation sites (N-methyl/N-ethyl adjacent to an activating group) is 1. The number of hydrogen-bond acceptors (Lipinski definition) is 3. The number of halogens is 1. The fourth-order valence-corrected chi connectivity index (χ4v) is 4.17. The molecule has 1 amide bonds. The van der Waals surface area contributed by atoms with Crippen LogP contribution in [0.1, 0.15) is 32.3 Å². The normalized spacial score (nSPS) is 31.3. The summed E-state index contributed by atoms with van der Waals surface area (Å²) in [6, 6.07) is 7.97. The molecule has 128 valence electrons. The second-order valence-electron chi connectivity index (χ2n) is 7.33. The quantitative estimate of drug-likeness (QED) is 0.902. The van der Waals surface area contributed by atoms with Crippen LogP contribution in [0.5, 0.6) is 0 Å². The monoisotopic (exact) mass is 338 g/mol. The number of fused-ring (bicyclic) bond motifs is 1. The van der Waals surface area contributed by atoms with Gasteiger partial charge in [-0.2, -0.15) is 0 Å². The van der Waals surface area contributed by atoms with Crippen molar-refractivity contribution in [3.63, 3.8) is 0 Å². The molecule has 0 radical (unpaired) electrons. The van der Waals surface area contributed by atoms with Crippen LogP contribution < -0.4 is 10.6 Å². The van der Waals surface area contributed by atoms with E-state index in [0.717, 1.165) is 25.1 Å². The summed E-state index contributed by atoms with van der Waals surface area (Å²) in [5, 5.41) is 0. The lowest BCUT2D eigenvalue weighted by molar-refractivity contribution is -0.223. The minimum atomic E-state index is -0.849. The first-order valence-electron chi connectivity index (χ1n) is 8.05. The minimum Gasteiger partial charge on any atom is -0.377 e. The largest absolute Gasteiger partial charge is 0.377 e. The van der Waals surface area contributed by atoms with Crippen molar-refractivity contribution in [1.82, 2.24) is 0 Å². The third-order valence-electron chi connectivity index (χ3n) is 5.76. The van der Waals surface area contributed by atoms with E-state index in [0.29, 0.717) is 0 Å². The number of benzene rings is 1. The topological polar surface area (TPSA) is 55.6 Å². The van der Waals surface area contributed by atoms with Gasteiger partial charge in [0.25, 0.3) is 0 Å². The van der Waals surface area contributed by atoms with E-state index in [1.807, 2.05) is 38.2 Å². The van der Waals surface area contributed by atoms with Gasteiger partial charge in [0.2, 0.25) is 5.91 Å². The zero-order valence-corrected chi connectivity index (χ0v) is 15.2. The Balaban J connectivity index is 0.00000192. The Kier molecular flexibility index (Phi) is 4.82. The van der Waals surface area contributed by atoms with E-state index in [4.69, 9.17) is 10.5 Å². The first-order chi connectivity index (χ1) is 10.3. The molecule has 1 saturated heterocycles. The molecule has 1 aliphatic carbocycles. The maximum atomic E-state index is 13.1. The van der Waals surface area contributed by atoms with Crippen molar-refractivity contribution in [2.24, 2.45) is 17.1 Å². The minimum absolute atomic E-state index is 0. The Hall–Kier alpha value is -1.10. The van der Waals surface area contributed by atoms with E-state index in [-0.39, 0.29) is 35.8 Å². The SMILES string of the molecule is Cc1ccc(N(C)C(=O)C2(N)C3CCCOC3C2(C)C)cc1.Cl. The lowest BCUT2D eigenvalue weighted by Crippen LogP contribution is -2.82. The van der Waals surface area contributed by atoms with Crippen LogP contribution in [-0.2, 0) is 9.53 Å². The molecule has 4 nitrogen and oxygen atoms in total. The van der Waals surface area contributed by atoms with E-state index in [1.54, 1.807) is 4.90 Å². The smallest absolute Gasteiger partial charge is 0.247 e. The highest BCUT2D eigenvalue weighted by Gasteiger charge is 2.70. The van der Waals surface area contributed by atoms with E-state index < -0.39 is 5.54 Å². The van der Waals surface area contributed by atoms with Crippen LogP contribution in [0.2, 0.25) is 0 Å². The molecule has 1 saturated carbocycles. The summed E-state index contributed by atoms with van der Waals surface area (Å²) in [7, 11) is 1.81. The third-order valence-corrected chi connectivity index (χ3v) is 5.76. The van der Waals surface area contributed by atoms with E-state index in [1.165, 1.54) is 5.56 Å². The number of carbonyl (C=O) groups is 1. The van der Waals surface area contributed by atoms with Gasteiger partial charge in [0, 0.05) is 30.7 Å². The molecule has 1 aromatic rings. The maximum absolute atomic E-state index is 13.1. The summed E-state index contributed by atoms with van der Waals surface area (Å²) in [6.45, 7) is 6.93. The van der Waals surface area contributed by atoms with Gasteiger partial charge in [-0.25, -0.2) is 0 Å². The van der Waals surface area contributed by atoms with Crippen LogP contribution in [0.4, 0.5) is 5.69 Å². The highest BCUT2D eigenvalue weighted by Crippen LogP contribution is 2.58. The maximum Gasteiger partial charge on any atom is 0.247 e. The molecule has 2 aliphatic rings. The molecule has 3 unspecified atom stereocenters. The van der Waals surface area contributed by atoms with Crippen LogP contribution in [0, 0.1) is 18.3 Å². The summed E-state index contributed by atoms with van der Waals surface area (Å²) in [5.74, 6) is 0.116. The first-order valence-corrected chi connectivity index (χ1v) is 8.05. The fraction of sp³-hybridized carbons (Fsp3) is 0.611. The number of amides is 1. The zero-order valence-electron chi connectivity index (χ0n) is 14.3. The predicted octanol–water partition coefficient (Wildman–Crippen LogP) is 2.91. The summed E-state index contributed by atoms with van der Waals surface area (Å²) in [6.07, 6.45) is 2.05. The number of rotatable bonds is 2. The molecule has 2 N–H and O–H groups in total. The van der Waals surface area contributed by atoms with Crippen molar-refractivity contribution in [2.75, 3.05) is 18.6 Å². The van der Waals surface area contributed by atoms with Gasteiger partial charge >= 0.3 is 0 Å². The molecule has 0 aromatic heterocycles. The van der Waals surface area contributed by atoms with Gasteiger partial charge in [0.1, 0.15) is 5.54 Å². The van der Waals surface area contributed by atoms with Gasteiger partial charge in [-0.1, -0.05) is 31.5 Å². The highest BCUT2D eigenvalue weighted by atomic mass is 35.5. The Labute approximate surface area is 144 Å². The van der Waals surface area contributed by atoms with Gasteiger partial charge in [0.15, 0.2) is 0 Å². The van der Waals surface area contributed by atoms with Crippen LogP contribution in [0.15, 0.2) is 24.3 Å². The molecule has 3 rings (SSSR count). The van der Waals surface area contributed by atoms with Crippen molar-refractivity contribution < 1.29 is 9.53 Å². The summed E-state index contributed by atoms with van der Waals surface area (Å²) < 4.78 is 5.89. The highest BCUT2D eigenvalue weighted by molar-refractivity contribution is 6.01. The average Bonchev–Trinajstić information content (AvgIpc) is 2.53. The Morgan fingerprint density at radius 2 is 1.91 bits per heavy atom. The predicted molar refractivity (Wildman–Crippen MR) is 95.0 cm³/mol. The molecule has 1 aliphatic heterocycles. The van der Waals surface area contributed by atoms with Crippen LogP contribution in [0.3, 0.4) is 0 Å². The Morgan fingerprint density at radius 3 is 2.52 bits per heavy atom. The third kappa shape index (κ3) is 2.48. The molecule has 5 heteroatoms. The second kappa shape index (κ2) is 6.08. The van der Waals surface area contributed by atoms with Crippen molar-refractivity contribution in [2.45, 2.75) is 45.3 Å². The summed E-state index contributed by atoms with van der Waals surface area (Å²) in [4.78, 5) is 14.8. The molecule has 0 bridgehead atoms. The van der Waals surface area contributed by atoms with E-state index in [2.05, 4.69) is 13.8 Å². The Bertz CT molecular complexity index is 587. The molecular formula is C18H27ClN2O2. The average molecular weight is 339 g/mol. The molecule has 1 aromatic carbocycles. The number of aryl methyl sites for hydroxylation is 1. The van der Waals surface area contributed by atoms with Gasteiger partial charge in [-0.3, -0.25) is 4.79 Å².